The molecule has 2 radical (unpaired) electrons. The molecule has 0 saturated heterocycles. The molecule has 0 saturated carbocycles. The third-order valence-corrected chi connectivity index (χ3v) is 0.690. The molecule has 0 atom stereocenters. The number of hydrogen-bond donors (Lipinski definition) is 0. The molecule has 0 heterocycles. The maximum atomic E-state index is 11.4. The van der Waals surface area contributed by atoms with E-state index in [1.54, 1.807) is 0 Å². The van der Waals surface area contributed by atoms with Gasteiger partial charge in [-0.05, 0) is 6.42 Å². The number of amides is 1. The number of rotatable bonds is 2. The van der Waals surface area contributed by atoms with E-state index in [9.17, 15) is 9.18 Å². The first-order valence-electron chi connectivity index (χ1n) is 2.40. The van der Waals surface area contributed by atoms with E-state index < -0.39 is 6.16 Å². The Hall–Kier alpha value is -0.600. The molecule has 0 bridgehead atoms. The summed E-state index contributed by atoms with van der Waals surface area (Å²) in [5, 5.41) is 0. The Kier molecular flexibility index (Phi) is 3.15. The number of carbonyl (C=O) groups excluding carboxylic acids is 1. The molecule has 0 aromatic heterocycles. The van der Waals surface area contributed by atoms with Gasteiger partial charge in [-0.1, -0.05) is 6.92 Å². The van der Waals surface area contributed by atoms with Crippen LogP contribution in [-0.2, 0) is 0 Å². The second-order valence-corrected chi connectivity index (χ2v) is 1.45. The average Bonchev–Trinajstić information content (AvgIpc) is 1.67. The SMILES string of the molecule is [CH]N(CCC)C(=O)F. The van der Waals surface area contributed by atoms with Crippen molar-refractivity contribution < 1.29 is 9.18 Å². The zero-order valence-electron chi connectivity index (χ0n) is 4.72. The van der Waals surface area contributed by atoms with Gasteiger partial charge in [-0.25, -0.2) is 4.79 Å². The fourth-order valence-corrected chi connectivity index (χ4v) is 0.329. The predicted molar refractivity (Wildman–Crippen MR) is 27.8 cm³/mol. The maximum Gasteiger partial charge on any atom is 0.400 e. The maximum absolute atomic E-state index is 11.4. The van der Waals surface area contributed by atoms with Crippen LogP contribution in [0.15, 0.2) is 0 Å². The third kappa shape index (κ3) is 2.55. The van der Waals surface area contributed by atoms with Crippen molar-refractivity contribution in [2.24, 2.45) is 0 Å². The Morgan fingerprint density at radius 2 is 2.38 bits per heavy atom. The van der Waals surface area contributed by atoms with Crippen LogP contribution in [0.2, 0.25) is 0 Å². The molecule has 0 unspecified atom stereocenters. The summed E-state index contributed by atoms with van der Waals surface area (Å²) in [6.07, 6.45) is -0.904. The van der Waals surface area contributed by atoms with Crippen LogP contribution in [0.25, 0.3) is 0 Å². The molecule has 0 aliphatic carbocycles. The van der Waals surface area contributed by atoms with Crippen molar-refractivity contribution in [3.05, 3.63) is 7.05 Å². The Balaban J connectivity index is 3.32. The molecule has 0 rings (SSSR count). The van der Waals surface area contributed by atoms with E-state index >= 15 is 0 Å². The highest BCUT2D eigenvalue weighted by atomic mass is 19.1. The summed E-state index contributed by atoms with van der Waals surface area (Å²) in [4.78, 5) is 10.2. The fraction of sp³-hybridized carbons (Fsp3) is 0.600. The Morgan fingerprint density at radius 1 is 1.88 bits per heavy atom. The Morgan fingerprint density at radius 3 is 2.50 bits per heavy atom. The molecule has 0 fully saturated rings. The van der Waals surface area contributed by atoms with Crippen LogP contribution < -0.4 is 0 Å². The summed E-state index contributed by atoms with van der Waals surface area (Å²) in [7, 11) is 4.84. The molecule has 0 aliphatic heterocycles. The standard InChI is InChI=1S/C5H8FNO/c1-3-4-7(2)5(6)8/h2H,3-4H2,1H3. The van der Waals surface area contributed by atoms with Crippen molar-refractivity contribution in [1.29, 1.82) is 0 Å². The number of carbonyl (C=O) groups is 1. The molecule has 3 heteroatoms. The highest BCUT2D eigenvalue weighted by Gasteiger charge is 2.02. The van der Waals surface area contributed by atoms with Crippen LogP contribution in [0.1, 0.15) is 13.3 Å². The molecule has 0 aromatic carbocycles. The van der Waals surface area contributed by atoms with E-state index in [1.807, 2.05) is 6.92 Å². The first-order chi connectivity index (χ1) is 3.68. The van der Waals surface area contributed by atoms with Gasteiger partial charge >= 0.3 is 6.16 Å². The summed E-state index contributed by atoms with van der Waals surface area (Å²) in [5.41, 5.74) is 0. The van der Waals surface area contributed by atoms with Gasteiger partial charge in [0, 0.05) is 6.54 Å². The summed E-state index contributed by atoms with van der Waals surface area (Å²) in [6, 6.07) is 0. The van der Waals surface area contributed by atoms with Crippen molar-refractivity contribution in [2.75, 3.05) is 6.54 Å². The lowest BCUT2D eigenvalue weighted by Crippen LogP contribution is -2.19. The van der Waals surface area contributed by atoms with E-state index in [0.717, 1.165) is 0 Å². The van der Waals surface area contributed by atoms with Crippen molar-refractivity contribution in [2.45, 2.75) is 13.3 Å². The number of nitrogens with zero attached hydrogens (tertiary/aromatic N) is 1. The van der Waals surface area contributed by atoms with Crippen LogP contribution in [0, 0.1) is 7.05 Å². The largest absolute Gasteiger partial charge is 0.400 e. The molecule has 0 N–H and O–H groups in total. The molecule has 46 valence electrons. The molecule has 0 aromatic rings. The molecule has 2 nitrogen and oxygen atoms in total. The zero-order chi connectivity index (χ0) is 6.57. The van der Waals surface area contributed by atoms with Gasteiger partial charge in [-0.2, -0.15) is 0 Å². The second kappa shape index (κ2) is 3.41. The van der Waals surface area contributed by atoms with E-state index in [4.69, 9.17) is 7.05 Å². The van der Waals surface area contributed by atoms with Gasteiger partial charge in [0.15, 0.2) is 0 Å². The highest BCUT2D eigenvalue weighted by molar-refractivity contribution is 5.66. The van der Waals surface area contributed by atoms with Crippen molar-refractivity contribution in [3.63, 3.8) is 0 Å². The van der Waals surface area contributed by atoms with E-state index in [1.165, 1.54) is 0 Å². The van der Waals surface area contributed by atoms with Gasteiger partial charge in [-0.3, -0.25) is 0 Å². The lowest BCUT2D eigenvalue weighted by molar-refractivity contribution is 0.191. The smallest absolute Gasteiger partial charge is 0.307 e. The molecule has 1 amide bonds. The first-order valence-corrected chi connectivity index (χ1v) is 2.40. The van der Waals surface area contributed by atoms with E-state index in [0.29, 0.717) is 11.3 Å². The van der Waals surface area contributed by atoms with Crippen LogP contribution in [-0.4, -0.2) is 17.6 Å². The summed E-state index contributed by atoms with van der Waals surface area (Å²) < 4.78 is 11.4. The van der Waals surface area contributed by atoms with Crippen LogP contribution in [0.4, 0.5) is 9.18 Å². The van der Waals surface area contributed by atoms with Gasteiger partial charge in [0.25, 0.3) is 0 Å². The van der Waals surface area contributed by atoms with Gasteiger partial charge in [0.1, 0.15) is 0 Å². The minimum absolute atomic E-state index is 0.273. The van der Waals surface area contributed by atoms with Crippen LogP contribution in [0.3, 0.4) is 0 Å². The minimum Gasteiger partial charge on any atom is -0.307 e. The Labute approximate surface area is 48.3 Å². The van der Waals surface area contributed by atoms with Gasteiger partial charge < -0.3 is 4.90 Å². The van der Waals surface area contributed by atoms with E-state index in [-0.39, 0.29) is 6.54 Å². The van der Waals surface area contributed by atoms with Gasteiger partial charge in [0.2, 0.25) is 0 Å². The summed E-state index contributed by atoms with van der Waals surface area (Å²) in [5.74, 6) is 0. The number of hydrogen-bond acceptors (Lipinski definition) is 1. The lowest BCUT2D eigenvalue weighted by Gasteiger charge is -2.07. The van der Waals surface area contributed by atoms with Gasteiger partial charge in [-0.15, -0.1) is 4.39 Å². The predicted octanol–water partition coefficient (Wildman–Crippen LogP) is 1.46. The highest BCUT2D eigenvalue weighted by Crippen LogP contribution is 1.90. The normalized spacial score (nSPS) is 8.88. The summed E-state index contributed by atoms with van der Waals surface area (Å²) >= 11 is 0. The van der Waals surface area contributed by atoms with Crippen LogP contribution >= 0.6 is 0 Å². The molecule has 0 spiro atoms. The monoisotopic (exact) mass is 117 g/mol. The average molecular weight is 117 g/mol. The van der Waals surface area contributed by atoms with Crippen molar-refractivity contribution >= 4 is 6.16 Å². The van der Waals surface area contributed by atoms with E-state index in [2.05, 4.69) is 0 Å². The second-order valence-electron chi connectivity index (χ2n) is 1.45. The fourth-order valence-electron chi connectivity index (χ4n) is 0.329. The quantitative estimate of drug-likeness (QED) is 0.304. The third-order valence-electron chi connectivity index (χ3n) is 0.690. The molecular weight excluding hydrogens is 109 g/mol. The minimum atomic E-state index is -1.58. The van der Waals surface area contributed by atoms with Crippen LogP contribution in [0.5, 0.6) is 0 Å². The number of halogens is 1. The Bertz CT molecular complexity index is 84.5. The van der Waals surface area contributed by atoms with Gasteiger partial charge in [0.05, 0.1) is 7.05 Å². The first kappa shape index (κ1) is 7.40. The van der Waals surface area contributed by atoms with Crippen molar-refractivity contribution in [3.8, 4) is 0 Å². The molecular formula is C5H8FNO. The molecule has 0 aliphatic rings. The summed E-state index contributed by atoms with van der Waals surface area (Å²) in [6.45, 7) is 2.08. The zero-order valence-corrected chi connectivity index (χ0v) is 4.72. The molecule has 8 heavy (non-hydrogen) atoms. The van der Waals surface area contributed by atoms with Crippen molar-refractivity contribution in [1.82, 2.24) is 4.90 Å². The lowest BCUT2D eigenvalue weighted by atomic mass is 10.5. The topological polar surface area (TPSA) is 20.3 Å².